The maximum absolute atomic E-state index is 14.7. The van der Waals surface area contributed by atoms with Gasteiger partial charge >= 0.3 is 0 Å². The minimum absolute atomic E-state index is 0. The second kappa shape index (κ2) is 14.6. The van der Waals surface area contributed by atoms with Crippen molar-refractivity contribution < 1.29 is 34.4 Å². The van der Waals surface area contributed by atoms with Crippen LogP contribution in [-0.4, -0.2) is 20.9 Å². The van der Waals surface area contributed by atoms with Gasteiger partial charge in [-0.3, -0.25) is 9.78 Å². The number of aromatic nitrogens is 2. The molecule has 243 valence electrons. The Hall–Kier alpha value is -2.95. The van der Waals surface area contributed by atoms with E-state index in [4.69, 9.17) is 9.97 Å². The molecule has 45 heavy (non-hydrogen) atoms. The molecule has 0 amide bonds. The summed E-state index contributed by atoms with van der Waals surface area (Å²) in [5, 5.41) is 12.6. The molecule has 3 aromatic carbocycles. The molecule has 1 saturated carbocycles. The largest absolute Gasteiger partial charge is 0.512 e. The zero-order chi connectivity index (χ0) is 32.4. The van der Waals surface area contributed by atoms with Crippen molar-refractivity contribution >= 4 is 27.5 Å². The molecule has 4 nitrogen and oxygen atoms in total. The molecule has 0 unspecified atom stereocenters. The maximum atomic E-state index is 14.7. The van der Waals surface area contributed by atoms with Crippen molar-refractivity contribution in [1.29, 1.82) is 0 Å². The Morgan fingerprint density at radius 3 is 2.27 bits per heavy atom. The summed E-state index contributed by atoms with van der Waals surface area (Å²) in [5.74, 6) is 1.34. The van der Waals surface area contributed by atoms with Crippen molar-refractivity contribution in [2.45, 2.75) is 107 Å². The fourth-order valence-electron chi connectivity index (χ4n) is 5.74. The fraction of sp³-hybridized carbons (Fsp3) is 0.462. The molecule has 6 heteroatoms. The number of allylic oxidation sites excluding steroid dienone is 2. The van der Waals surface area contributed by atoms with Crippen LogP contribution in [0, 0.1) is 43.5 Å². The van der Waals surface area contributed by atoms with E-state index < -0.39 is 5.41 Å². The number of carbonyl (C=O) groups excluding carboxylic acids is 1. The summed E-state index contributed by atoms with van der Waals surface area (Å²) in [6, 6.07) is 16.0. The molecule has 1 fully saturated rings. The maximum Gasteiger partial charge on any atom is 0.164 e. The van der Waals surface area contributed by atoms with Crippen LogP contribution in [-0.2, 0) is 24.9 Å². The van der Waals surface area contributed by atoms with E-state index in [0.29, 0.717) is 22.9 Å². The van der Waals surface area contributed by atoms with Gasteiger partial charge in [-0.15, -0.1) is 35.4 Å². The number of aryl methyl sites for hydroxylation is 3. The number of ketones is 1. The van der Waals surface area contributed by atoms with E-state index in [2.05, 4.69) is 36.4 Å². The molecule has 0 spiro atoms. The third-order valence-corrected chi connectivity index (χ3v) is 9.19. The van der Waals surface area contributed by atoms with Crippen molar-refractivity contribution in [3.05, 3.63) is 82.6 Å². The standard InChI is InChI=1S/C27H26FN2.C12H22O2.Ir/c1-16-15-22-13-14-23-26(29-18(3)30-27(23)24(22)17(2)25(16)28)21-11-9-20(10-12-21)19-7-5-4-6-8-19;1-7-12(5,6)10(14)8-9(13)11(2,3)4;/h9-11,13-15,19H,4-8H2,1-3H3;8,14H,7H2,1-6H3;/q-1;;/b;10-8-;. The Kier molecular flexibility index (Phi) is 11.9. The average molecular weight is 788 g/mol. The van der Waals surface area contributed by atoms with Gasteiger partial charge in [0.25, 0.3) is 0 Å². The first-order valence-electron chi connectivity index (χ1n) is 16.0. The van der Waals surface area contributed by atoms with E-state index in [1.54, 1.807) is 0 Å². The number of hydrogen-bond donors (Lipinski definition) is 1. The third kappa shape index (κ3) is 8.26. The predicted molar refractivity (Wildman–Crippen MR) is 181 cm³/mol. The van der Waals surface area contributed by atoms with Crippen LogP contribution in [0.1, 0.15) is 109 Å². The zero-order valence-corrected chi connectivity index (χ0v) is 30.7. The van der Waals surface area contributed by atoms with Crippen LogP contribution in [0.4, 0.5) is 4.39 Å². The summed E-state index contributed by atoms with van der Waals surface area (Å²) in [6.45, 7) is 16.9. The molecule has 1 N–H and O–H groups in total. The minimum Gasteiger partial charge on any atom is -0.512 e. The Morgan fingerprint density at radius 1 is 1.02 bits per heavy atom. The average Bonchev–Trinajstić information content (AvgIpc) is 2.99. The van der Waals surface area contributed by atoms with E-state index in [1.165, 1.54) is 43.7 Å². The summed E-state index contributed by atoms with van der Waals surface area (Å²) < 4.78 is 14.7. The van der Waals surface area contributed by atoms with Crippen molar-refractivity contribution in [2.75, 3.05) is 0 Å². The van der Waals surface area contributed by atoms with E-state index in [9.17, 15) is 14.3 Å². The summed E-state index contributed by atoms with van der Waals surface area (Å²) >= 11 is 0. The number of aliphatic hydroxyl groups is 1. The van der Waals surface area contributed by atoms with E-state index in [0.717, 1.165) is 39.4 Å². The van der Waals surface area contributed by atoms with Gasteiger partial charge in [0.2, 0.25) is 0 Å². The second-order valence-corrected chi connectivity index (χ2v) is 14.1. The molecular weight excluding hydrogens is 740 g/mol. The smallest absolute Gasteiger partial charge is 0.164 e. The minimum atomic E-state index is -0.419. The molecule has 0 bridgehead atoms. The number of aliphatic hydroxyl groups excluding tert-OH is 1. The van der Waals surface area contributed by atoms with Crippen LogP contribution in [0.15, 0.2) is 48.2 Å². The van der Waals surface area contributed by atoms with Gasteiger partial charge in [0.1, 0.15) is 17.4 Å². The fourth-order valence-corrected chi connectivity index (χ4v) is 5.74. The molecule has 0 atom stereocenters. The number of rotatable bonds is 5. The monoisotopic (exact) mass is 788 g/mol. The normalized spacial score (nSPS) is 14.6. The van der Waals surface area contributed by atoms with E-state index in [-0.39, 0.29) is 42.9 Å². The van der Waals surface area contributed by atoms with Crippen LogP contribution in [0.2, 0.25) is 0 Å². The van der Waals surface area contributed by atoms with Gasteiger partial charge in [0, 0.05) is 42.4 Å². The second-order valence-electron chi connectivity index (χ2n) is 14.1. The van der Waals surface area contributed by atoms with Gasteiger partial charge < -0.3 is 5.11 Å². The molecule has 1 radical (unpaired) electrons. The van der Waals surface area contributed by atoms with Crippen LogP contribution < -0.4 is 0 Å². The Labute approximate surface area is 282 Å². The van der Waals surface area contributed by atoms with Gasteiger partial charge in [0.05, 0.1) is 5.52 Å². The Morgan fingerprint density at radius 2 is 1.69 bits per heavy atom. The first-order valence-corrected chi connectivity index (χ1v) is 16.0. The number of carbonyl (C=O) groups is 1. The number of nitrogens with zero attached hydrogens (tertiary/aromatic N) is 2. The predicted octanol–water partition coefficient (Wildman–Crippen LogP) is 10.8. The molecule has 1 aromatic heterocycles. The molecule has 1 aliphatic rings. The molecular formula is C39H48FIrN2O2-. The summed E-state index contributed by atoms with van der Waals surface area (Å²) in [5.41, 5.74) is 4.63. The topological polar surface area (TPSA) is 63.1 Å². The Balaban J connectivity index is 0.000000316. The number of halogens is 1. The van der Waals surface area contributed by atoms with E-state index >= 15 is 0 Å². The van der Waals surface area contributed by atoms with Gasteiger partial charge in [-0.25, -0.2) is 9.37 Å². The first kappa shape index (κ1) is 36.5. The van der Waals surface area contributed by atoms with Crippen LogP contribution >= 0.6 is 0 Å². The quantitative estimate of drug-likeness (QED) is 0.0947. The zero-order valence-electron chi connectivity index (χ0n) is 28.3. The SMILES string of the molecule is CCC(C)(C)/C(O)=C/C(=O)C(C)(C)C.Cc1nc(-c2[c-]cc(C3CCCCC3)cc2)c2ccc3cc(C)c(F)c(C)c3c2n1.[Ir]. The van der Waals surface area contributed by atoms with Crippen LogP contribution in [0.5, 0.6) is 0 Å². The molecule has 5 rings (SSSR count). The molecule has 1 aliphatic carbocycles. The molecule has 0 saturated heterocycles. The van der Waals surface area contributed by atoms with Crippen molar-refractivity contribution in [1.82, 2.24) is 9.97 Å². The van der Waals surface area contributed by atoms with Crippen molar-refractivity contribution in [2.24, 2.45) is 10.8 Å². The summed E-state index contributed by atoms with van der Waals surface area (Å²) in [6.07, 6.45) is 8.74. The third-order valence-electron chi connectivity index (χ3n) is 9.19. The molecule has 0 aliphatic heterocycles. The van der Waals surface area contributed by atoms with Crippen molar-refractivity contribution in [3.63, 3.8) is 0 Å². The van der Waals surface area contributed by atoms with Gasteiger partial charge in [0.15, 0.2) is 5.78 Å². The van der Waals surface area contributed by atoms with Crippen LogP contribution in [0.25, 0.3) is 32.9 Å². The first-order chi connectivity index (χ1) is 20.6. The van der Waals surface area contributed by atoms with Gasteiger partial charge in [-0.1, -0.05) is 91.7 Å². The molecule has 4 aromatic rings. The summed E-state index contributed by atoms with van der Waals surface area (Å²) in [4.78, 5) is 21.1. The van der Waals surface area contributed by atoms with Crippen LogP contribution in [0.3, 0.4) is 0 Å². The summed E-state index contributed by atoms with van der Waals surface area (Å²) in [7, 11) is 0. The van der Waals surface area contributed by atoms with E-state index in [1.807, 2.05) is 68.4 Å². The molecule has 1 heterocycles. The van der Waals surface area contributed by atoms with Gasteiger partial charge in [-0.2, -0.15) is 0 Å². The van der Waals surface area contributed by atoms with Crippen molar-refractivity contribution in [3.8, 4) is 11.3 Å². The number of hydrogen-bond acceptors (Lipinski definition) is 4. The number of fused-ring (bicyclic) bond motifs is 3. The number of benzene rings is 3. The Bertz CT molecular complexity index is 1700. The van der Waals surface area contributed by atoms with Gasteiger partial charge in [-0.05, 0) is 60.9 Å².